The molecule has 0 saturated carbocycles. The van der Waals surface area contributed by atoms with E-state index in [0.717, 1.165) is 83.5 Å². The van der Waals surface area contributed by atoms with Crippen LogP contribution in [0.15, 0.2) is 85.1 Å². The van der Waals surface area contributed by atoms with Crippen molar-refractivity contribution in [2.24, 2.45) is 0 Å². The molecule has 0 aliphatic carbocycles. The van der Waals surface area contributed by atoms with E-state index in [0.29, 0.717) is 23.9 Å². The Labute approximate surface area is 565 Å². The van der Waals surface area contributed by atoms with Crippen molar-refractivity contribution in [2.45, 2.75) is 380 Å². The number of carbonyl (C=O) groups excluding carboxylic acids is 2. The van der Waals surface area contributed by atoms with Gasteiger partial charge in [-0.2, -0.15) is 0 Å². The van der Waals surface area contributed by atoms with Crippen LogP contribution in [-0.2, 0) is 27.9 Å². The molecular weight excluding hydrogens is 1140 g/mol. The molecule has 0 aromatic heterocycles. The minimum absolute atomic E-state index is 0.0383. The summed E-state index contributed by atoms with van der Waals surface area (Å²) in [4.78, 5) is 38.0. The summed E-state index contributed by atoms with van der Waals surface area (Å²) in [6, 6.07) is -0.855. The molecule has 9 nitrogen and oxygen atoms in total. The zero-order valence-corrected chi connectivity index (χ0v) is 61.7. The van der Waals surface area contributed by atoms with Crippen molar-refractivity contribution in [1.82, 2.24) is 5.32 Å². The summed E-state index contributed by atoms with van der Waals surface area (Å²) in [7, 11) is 1.50. The van der Waals surface area contributed by atoms with Crippen LogP contribution in [0.1, 0.15) is 367 Å². The molecule has 3 atom stereocenters. The van der Waals surface area contributed by atoms with E-state index in [2.05, 4.69) is 105 Å². The highest BCUT2D eigenvalue weighted by atomic mass is 31.2. The normalized spacial score (nSPS) is 13.9. The molecule has 0 heterocycles. The lowest BCUT2D eigenvalue weighted by molar-refractivity contribution is -0.870. The van der Waals surface area contributed by atoms with E-state index in [4.69, 9.17) is 13.8 Å². The Morgan fingerprint density at radius 3 is 1.02 bits per heavy atom. The van der Waals surface area contributed by atoms with Gasteiger partial charge in [0, 0.05) is 12.8 Å². The number of hydrogen-bond acceptors (Lipinski definition) is 6. The van der Waals surface area contributed by atoms with Crippen LogP contribution in [0.3, 0.4) is 0 Å². The number of phosphoric acid groups is 1. The fourth-order valence-electron chi connectivity index (χ4n) is 11.3. The number of amides is 1. The first kappa shape index (κ1) is 88.2. The van der Waals surface area contributed by atoms with E-state index < -0.39 is 20.0 Å². The minimum Gasteiger partial charge on any atom is -0.456 e. The van der Waals surface area contributed by atoms with Crippen molar-refractivity contribution < 1.29 is 37.3 Å². The highest BCUT2D eigenvalue weighted by molar-refractivity contribution is 7.47. The smallest absolute Gasteiger partial charge is 0.456 e. The molecule has 0 spiro atoms. The molecule has 0 radical (unpaired) electrons. The number of ether oxygens (including phenoxy) is 1. The van der Waals surface area contributed by atoms with Crippen molar-refractivity contribution in [3.05, 3.63) is 85.1 Å². The predicted octanol–water partition coefficient (Wildman–Crippen LogP) is 25.2. The van der Waals surface area contributed by atoms with Gasteiger partial charge < -0.3 is 19.4 Å². The predicted molar refractivity (Wildman–Crippen MR) is 397 cm³/mol. The van der Waals surface area contributed by atoms with Gasteiger partial charge in [0.05, 0.1) is 33.8 Å². The monoisotopic (exact) mass is 1290 g/mol. The number of esters is 1. The minimum atomic E-state index is -4.46. The Balaban J connectivity index is 5.00. The standard InChI is InChI=1S/C81H149N2O7P/c1-7-10-13-16-19-22-25-28-30-32-34-36-38-40-41-43-44-46-48-50-52-55-58-61-64-67-70-73-80(84)82-78(77-89-91(86,87)88-76-75-83(4,5)6)79(72-69-66-63-60-57-54-27-24-21-18-15-12-9-3)90-81(85)74-71-68-65-62-59-56-53-51-49-47-45-42-39-37-35-33-31-29-26-23-20-17-14-11-8-2/h19-20,22-23,28-31,34,36,40-41,69,72,78-79H,7-18,21,24-27,32-33,35,37-39,42-68,70-71,73-77H2,1-6H3,(H-,82,84,86,87)/p+1/b22-19-,23-20-,30-28-,31-29-,36-34-,41-40-,72-69+. The van der Waals surface area contributed by atoms with Crippen molar-refractivity contribution in [1.29, 1.82) is 0 Å². The second-order valence-corrected chi connectivity index (χ2v) is 29.0. The Morgan fingerprint density at radius 1 is 0.385 bits per heavy atom. The number of rotatable bonds is 71. The number of unbranched alkanes of at least 4 members (excludes halogenated alkanes) is 43. The average molecular weight is 1300 g/mol. The number of nitrogens with one attached hydrogen (secondary N) is 1. The Hall–Kier alpha value is -2.81. The van der Waals surface area contributed by atoms with E-state index in [1.54, 1.807) is 0 Å². The van der Waals surface area contributed by atoms with Crippen LogP contribution < -0.4 is 5.32 Å². The van der Waals surface area contributed by atoms with Gasteiger partial charge in [-0.15, -0.1) is 0 Å². The van der Waals surface area contributed by atoms with E-state index >= 15 is 0 Å². The lowest BCUT2D eigenvalue weighted by Crippen LogP contribution is -2.47. The first-order valence-corrected chi connectivity index (χ1v) is 40.4. The lowest BCUT2D eigenvalue weighted by atomic mass is 10.0. The van der Waals surface area contributed by atoms with Gasteiger partial charge in [-0.05, 0) is 109 Å². The van der Waals surface area contributed by atoms with Crippen LogP contribution in [0.2, 0.25) is 0 Å². The largest absolute Gasteiger partial charge is 0.472 e. The van der Waals surface area contributed by atoms with Gasteiger partial charge in [0.2, 0.25) is 5.91 Å². The Bertz CT molecular complexity index is 1830. The number of carbonyl (C=O) groups is 2. The molecule has 0 aromatic rings. The molecule has 0 aliphatic rings. The van der Waals surface area contributed by atoms with Crippen molar-refractivity contribution in [3.8, 4) is 0 Å². The maximum atomic E-state index is 13.7. The van der Waals surface area contributed by atoms with E-state index in [1.165, 1.54) is 250 Å². The van der Waals surface area contributed by atoms with E-state index in [1.807, 2.05) is 27.2 Å². The molecule has 0 fully saturated rings. The molecule has 0 rings (SSSR count). The topological polar surface area (TPSA) is 111 Å². The third-order valence-corrected chi connectivity index (χ3v) is 18.3. The molecule has 0 bridgehead atoms. The van der Waals surface area contributed by atoms with Gasteiger partial charge in [0.25, 0.3) is 0 Å². The quantitative estimate of drug-likeness (QED) is 0.0205. The number of likely N-dealkylation sites (N-methyl/N-ethyl adjacent to an activating group) is 1. The molecule has 10 heteroatoms. The molecule has 0 saturated heterocycles. The Kier molecular flexibility index (Phi) is 67.8. The number of quaternary nitrogens is 1. The first-order chi connectivity index (χ1) is 44.4. The van der Waals surface area contributed by atoms with Gasteiger partial charge in [0.15, 0.2) is 0 Å². The highest BCUT2D eigenvalue weighted by Crippen LogP contribution is 2.43. The SMILES string of the molecule is CCCCC/C=C\C/C=C\C/C=C\C/C=C\CCCCCCCCCCCCCC(=O)NC(COP(=O)(O)OCC[N+](C)(C)C)C(/C=C/CCCCCCCCCCCCC)OC(=O)CCCCCCCCCCCCCCCCC/C=C\C/C=C\CCCCC. The summed E-state index contributed by atoms with van der Waals surface area (Å²) >= 11 is 0. The molecule has 3 unspecified atom stereocenters. The van der Waals surface area contributed by atoms with Crippen molar-refractivity contribution in [2.75, 3.05) is 40.9 Å². The highest BCUT2D eigenvalue weighted by Gasteiger charge is 2.30. The molecule has 91 heavy (non-hydrogen) atoms. The van der Waals surface area contributed by atoms with Crippen molar-refractivity contribution in [3.63, 3.8) is 0 Å². The maximum Gasteiger partial charge on any atom is 0.472 e. The summed E-state index contributed by atoms with van der Waals surface area (Å²) in [6.07, 6.45) is 94.6. The summed E-state index contributed by atoms with van der Waals surface area (Å²) in [6.45, 7) is 7.01. The van der Waals surface area contributed by atoms with Gasteiger partial charge >= 0.3 is 13.8 Å². The van der Waals surface area contributed by atoms with Gasteiger partial charge in [0.1, 0.15) is 19.3 Å². The number of phosphoric ester groups is 1. The van der Waals surface area contributed by atoms with Crippen LogP contribution in [0.5, 0.6) is 0 Å². The second-order valence-electron chi connectivity index (χ2n) is 27.5. The molecular formula is C81H150N2O7P+. The fraction of sp³-hybridized carbons (Fsp3) is 0.802. The van der Waals surface area contributed by atoms with Crippen LogP contribution in [0.4, 0.5) is 0 Å². The molecule has 0 aromatic carbocycles. The number of allylic oxidation sites excluding steroid dienone is 13. The van der Waals surface area contributed by atoms with Crippen LogP contribution in [0.25, 0.3) is 0 Å². The number of nitrogens with zero attached hydrogens (tertiary/aromatic N) is 1. The lowest BCUT2D eigenvalue weighted by Gasteiger charge is -2.27. The van der Waals surface area contributed by atoms with Gasteiger partial charge in [-0.25, -0.2) is 4.57 Å². The summed E-state index contributed by atoms with van der Waals surface area (Å²) in [5.41, 5.74) is 0. The summed E-state index contributed by atoms with van der Waals surface area (Å²) in [5.74, 6) is -0.496. The molecule has 1 amide bonds. The molecule has 0 aliphatic heterocycles. The molecule has 2 N–H and O–H groups in total. The van der Waals surface area contributed by atoms with Crippen molar-refractivity contribution >= 4 is 19.7 Å². The zero-order chi connectivity index (χ0) is 66.3. The van der Waals surface area contributed by atoms with Gasteiger partial charge in [-0.1, -0.05) is 331 Å². The number of hydrogen-bond donors (Lipinski definition) is 2. The summed E-state index contributed by atoms with van der Waals surface area (Å²) < 4.78 is 30.9. The second kappa shape index (κ2) is 70.0. The zero-order valence-electron chi connectivity index (χ0n) is 60.8. The third kappa shape index (κ3) is 71.3. The fourth-order valence-corrected chi connectivity index (χ4v) is 12.0. The van der Waals surface area contributed by atoms with Crippen LogP contribution in [0, 0.1) is 0 Å². The van der Waals surface area contributed by atoms with E-state index in [9.17, 15) is 19.0 Å². The molecule has 530 valence electrons. The summed E-state index contributed by atoms with van der Waals surface area (Å²) in [5, 5.41) is 3.08. The maximum absolute atomic E-state index is 13.7. The van der Waals surface area contributed by atoms with E-state index in [-0.39, 0.29) is 25.1 Å². The third-order valence-electron chi connectivity index (χ3n) is 17.3. The van der Waals surface area contributed by atoms with Crippen LogP contribution >= 0.6 is 7.82 Å². The van der Waals surface area contributed by atoms with Crippen LogP contribution in [-0.4, -0.2) is 74.3 Å². The Morgan fingerprint density at radius 2 is 0.670 bits per heavy atom. The van der Waals surface area contributed by atoms with Gasteiger partial charge in [-0.3, -0.25) is 18.6 Å². The first-order valence-electron chi connectivity index (χ1n) is 38.9. The average Bonchev–Trinajstić information content (AvgIpc) is 3.45.